The number of carbonyl (C=O) groups is 1. The van der Waals surface area contributed by atoms with Crippen LogP contribution in [-0.4, -0.2) is 53.5 Å². The number of nitrogens with zero attached hydrogens (tertiary/aromatic N) is 2. The molecule has 1 aromatic carbocycles. The van der Waals surface area contributed by atoms with Gasteiger partial charge >= 0.3 is 6.09 Å². The molecule has 0 radical (unpaired) electrons. The highest BCUT2D eigenvalue weighted by molar-refractivity contribution is 5.67. The topological polar surface area (TPSA) is 79.5 Å². The molecule has 0 bridgehead atoms. The second-order valence-corrected chi connectivity index (χ2v) is 5.69. The molecule has 1 unspecified atom stereocenters. The molecule has 1 atom stereocenters. The normalized spacial score (nSPS) is 17.7. The molecule has 7 nitrogen and oxygen atoms in total. The summed E-state index contributed by atoms with van der Waals surface area (Å²) in [5, 5.41) is 10.1. The summed E-state index contributed by atoms with van der Waals surface area (Å²) in [5.41, 5.74) is 2.00. The van der Waals surface area contributed by atoms with Gasteiger partial charge in [-0.05, 0) is 11.6 Å². The summed E-state index contributed by atoms with van der Waals surface area (Å²) in [6.07, 6.45) is 1.39. The second kappa shape index (κ2) is 8.47. The van der Waals surface area contributed by atoms with Crippen molar-refractivity contribution in [2.75, 3.05) is 26.2 Å². The van der Waals surface area contributed by atoms with E-state index in [9.17, 15) is 4.79 Å². The summed E-state index contributed by atoms with van der Waals surface area (Å²) >= 11 is 0. The van der Waals surface area contributed by atoms with Gasteiger partial charge in [-0.2, -0.15) is 5.10 Å². The Kier molecular flexibility index (Phi) is 5.81. The second-order valence-electron chi connectivity index (χ2n) is 5.69. The standard InChI is InChI=1S/C17H22N4O3/c22-17(24-13-14-4-2-1-3-5-14)21-8-9-23-16(12-21)11-18-10-15-6-7-19-20-15/h1-7,16,18H,8-13H2,(H,19,20). The number of ether oxygens (including phenoxy) is 2. The summed E-state index contributed by atoms with van der Waals surface area (Å²) in [6, 6.07) is 11.6. The molecule has 2 aromatic rings. The van der Waals surface area contributed by atoms with Gasteiger partial charge in [0.2, 0.25) is 0 Å². The van der Waals surface area contributed by atoms with Crippen LogP contribution in [-0.2, 0) is 22.6 Å². The summed E-state index contributed by atoms with van der Waals surface area (Å²) in [4.78, 5) is 13.9. The Morgan fingerprint density at radius 3 is 3.04 bits per heavy atom. The first-order valence-electron chi connectivity index (χ1n) is 8.07. The van der Waals surface area contributed by atoms with Crippen LogP contribution >= 0.6 is 0 Å². The molecule has 128 valence electrons. The number of hydrogen-bond acceptors (Lipinski definition) is 5. The predicted octanol–water partition coefficient (Wildman–Crippen LogP) is 1.54. The average Bonchev–Trinajstić information content (AvgIpc) is 3.14. The number of carbonyl (C=O) groups excluding carboxylic acids is 1. The van der Waals surface area contributed by atoms with Crippen molar-refractivity contribution >= 4 is 6.09 Å². The first-order chi connectivity index (χ1) is 11.8. The fourth-order valence-electron chi connectivity index (χ4n) is 2.57. The average molecular weight is 330 g/mol. The van der Waals surface area contributed by atoms with Crippen molar-refractivity contribution in [3.05, 3.63) is 53.9 Å². The third-order valence-electron chi connectivity index (χ3n) is 3.85. The van der Waals surface area contributed by atoms with Crippen LogP contribution in [0.5, 0.6) is 0 Å². The number of morpholine rings is 1. The van der Waals surface area contributed by atoms with Gasteiger partial charge in [-0.3, -0.25) is 5.10 Å². The van der Waals surface area contributed by atoms with Gasteiger partial charge in [0.25, 0.3) is 0 Å². The van der Waals surface area contributed by atoms with E-state index >= 15 is 0 Å². The van der Waals surface area contributed by atoms with Gasteiger partial charge in [0.05, 0.1) is 19.3 Å². The van der Waals surface area contributed by atoms with E-state index in [0.29, 0.717) is 39.4 Å². The lowest BCUT2D eigenvalue weighted by molar-refractivity contribution is -0.0271. The molecule has 2 heterocycles. The van der Waals surface area contributed by atoms with Crippen LogP contribution in [0.3, 0.4) is 0 Å². The summed E-state index contributed by atoms with van der Waals surface area (Å²) < 4.78 is 11.1. The number of aromatic nitrogens is 2. The third kappa shape index (κ3) is 4.81. The fraction of sp³-hybridized carbons (Fsp3) is 0.412. The molecule has 0 saturated carbocycles. The van der Waals surface area contributed by atoms with Crippen molar-refractivity contribution in [2.24, 2.45) is 0 Å². The minimum absolute atomic E-state index is 0.0362. The number of rotatable bonds is 6. The molecule has 7 heteroatoms. The van der Waals surface area contributed by atoms with Crippen LogP contribution in [0.15, 0.2) is 42.6 Å². The van der Waals surface area contributed by atoms with E-state index in [4.69, 9.17) is 9.47 Å². The molecule has 1 aliphatic rings. The molecule has 0 aliphatic carbocycles. The van der Waals surface area contributed by atoms with E-state index in [-0.39, 0.29) is 12.2 Å². The van der Waals surface area contributed by atoms with Crippen LogP contribution < -0.4 is 5.32 Å². The largest absolute Gasteiger partial charge is 0.445 e. The number of aromatic amines is 1. The highest BCUT2D eigenvalue weighted by Crippen LogP contribution is 2.09. The molecular formula is C17H22N4O3. The third-order valence-corrected chi connectivity index (χ3v) is 3.85. The van der Waals surface area contributed by atoms with Crippen molar-refractivity contribution in [2.45, 2.75) is 19.3 Å². The van der Waals surface area contributed by atoms with Crippen molar-refractivity contribution in [3.63, 3.8) is 0 Å². The fourth-order valence-corrected chi connectivity index (χ4v) is 2.57. The number of amides is 1. The zero-order chi connectivity index (χ0) is 16.6. The Morgan fingerprint density at radius 2 is 2.25 bits per heavy atom. The molecule has 1 aliphatic heterocycles. The molecular weight excluding hydrogens is 308 g/mol. The van der Waals surface area contributed by atoms with Crippen LogP contribution in [0, 0.1) is 0 Å². The molecule has 0 spiro atoms. The van der Waals surface area contributed by atoms with Gasteiger partial charge in [0.15, 0.2) is 0 Å². The van der Waals surface area contributed by atoms with Gasteiger partial charge < -0.3 is 19.7 Å². The quantitative estimate of drug-likeness (QED) is 0.840. The number of hydrogen-bond donors (Lipinski definition) is 2. The molecule has 3 rings (SSSR count). The molecule has 1 fully saturated rings. The zero-order valence-electron chi connectivity index (χ0n) is 13.5. The lowest BCUT2D eigenvalue weighted by Gasteiger charge is -2.32. The Morgan fingerprint density at radius 1 is 1.38 bits per heavy atom. The van der Waals surface area contributed by atoms with Gasteiger partial charge in [0.1, 0.15) is 6.61 Å². The van der Waals surface area contributed by atoms with Gasteiger partial charge in [-0.25, -0.2) is 4.79 Å². The lowest BCUT2D eigenvalue weighted by atomic mass is 10.2. The minimum atomic E-state index is -0.291. The molecule has 2 N–H and O–H groups in total. The van der Waals surface area contributed by atoms with Crippen molar-refractivity contribution < 1.29 is 14.3 Å². The Hall–Kier alpha value is -2.38. The smallest absolute Gasteiger partial charge is 0.410 e. The maximum absolute atomic E-state index is 12.2. The van der Waals surface area contributed by atoms with Gasteiger partial charge in [-0.1, -0.05) is 30.3 Å². The van der Waals surface area contributed by atoms with E-state index in [2.05, 4.69) is 15.5 Å². The predicted molar refractivity (Wildman–Crippen MR) is 88.2 cm³/mol. The zero-order valence-corrected chi connectivity index (χ0v) is 13.5. The maximum Gasteiger partial charge on any atom is 0.410 e. The Balaban J connectivity index is 1.40. The number of nitrogens with one attached hydrogen (secondary N) is 2. The summed E-state index contributed by atoms with van der Waals surface area (Å²) in [6.45, 7) is 3.27. The van der Waals surface area contributed by atoms with Gasteiger partial charge in [-0.15, -0.1) is 0 Å². The van der Waals surface area contributed by atoms with Crippen molar-refractivity contribution in [3.8, 4) is 0 Å². The molecule has 1 saturated heterocycles. The van der Waals surface area contributed by atoms with Crippen molar-refractivity contribution in [1.29, 1.82) is 0 Å². The van der Waals surface area contributed by atoms with Gasteiger partial charge in [0, 0.05) is 31.5 Å². The minimum Gasteiger partial charge on any atom is -0.445 e. The Labute approximate surface area is 140 Å². The van der Waals surface area contributed by atoms with Crippen LogP contribution in [0.25, 0.3) is 0 Å². The number of benzene rings is 1. The first-order valence-corrected chi connectivity index (χ1v) is 8.07. The maximum atomic E-state index is 12.2. The SMILES string of the molecule is O=C(OCc1ccccc1)N1CCOC(CNCc2ccn[nH]2)C1. The van der Waals surface area contributed by atoms with Crippen LogP contribution in [0.4, 0.5) is 4.79 Å². The van der Waals surface area contributed by atoms with Crippen LogP contribution in [0.1, 0.15) is 11.3 Å². The van der Waals surface area contributed by atoms with Crippen LogP contribution in [0.2, 0.25) is 0 Å². The summed E-state index contributed by atoms with van der Waals surface area (Å²) in [5.74, 6) is 0. The first kappa shape index (κ1) is 16.5. The molecule has 1 amide bonds. The molecule has 1 aromatic heterocycles. The molecule has 24 heavy (non-hydrogen) atoms. The Bertz CT molecular complexity index is 618. The van der Waals surface area contributed by atoms with E-state index in [1.165, 1.54) is 0 Å². The monoisotopic (exact) mass is 330 g/mol. The van der Waals surface area contributed by atoms with E-state index in [1.807, 2.05) is 36.4 Å². The highest BCUT2D eigenvalue weighted by Gasteiger charge is 2.25. The van der Waals surface area contributed by atoms with E-state index in [1.54, 1.807) is 11.1 Å². The highest BCUT2D eigenvalue weighted by atomic mass is 16.6. The lowest BCUT2D eigenvalue weighted by Crippen LogP contribution is -2.49. The van der Waals surface area contributed by atoms with E-state index < -0.39 is 0 Å². The summed E-state index contributed by atoms with van der Waals surface area (Å²) in [7, 11) is 0. The van der Waals surface area contributed by atoms with E-state index in [0.717, 1.165) is 11.3 Å². The number of H-pyrrole nitrogens is 1. The van der Waals surface area contributed by atoms with Crippen molar-refractivity contribution in [1.82, 2.24) is 20.4 Å².